The quantitative estimate of drug-likeness (QED) is 0.821. The van der Waals surface area contributed by atoms with Gasteiger partial charge < -0.3 is 14.5 Å². The van der Waals surface area contributed by atoms with E-state index in [1.807, 2.05) is 12.1 Å². The Bertz CT molecular complexity index is 791. The highest BCUT2D eigenvalue weighted by Crippen LogP contribution is 2.21. The number of piperazine rings is 1. The number of imide groups is 1. The molecule has 0 unspecified atom stereocenters. The minimum atomic E-state index is -0.171. The van der Waals surface area contributed by atoms with Gasteiger partial charge in [-0.15, -0.1) is 0 Å². The SMILES string of the molecule is COc1ccc(N2CC[NH+](CN3C(=O)c4ccccc4C3=O)CC2)cc1. The average molecular weight is 352 g/mol. The second-order valence-corrected chi connectivity index (χ2v) is 6.68. The molecule has 6 nitrogen and oxygen atoms in total. The zero-order chi connectivity index (χ0) is 18.1. The summed E-state index contributed by atoms with van der Waals surface area (Å²) in [5.74, 6) is 0.509. The lowest BCUT2D eigenvalue weighted by atomic mass is 10.1. The van der Waals surface area contributed by atoms with Gasteiger partial charge in [-0.25, -0.2) is 4.90 Å². The maximum atomic E-state index is 12.5. The number of benzene rings is 2. The van der Waals surface area contributed by atoms with Crippen LogP contribution in [0.25, 0.3) is 0 Å². The zero-order valence-electron chi connectivity index (χ0n) is 14.8. The molecule has 6 heteroatoms. The lowest BCUT2D eigenvalue weighted by Gasteiger charge is -2.34. The first-order chi connectivity index (χ1) is 12.7. The van der Waals surface area contributed by atoms with Gasteiger partial charge >= 0.3 is 0 Å². The van der Waals surface area contributed by atoms with Crippen LogP contribution in [0.15, 0.2) is 48.5 Å². The second-order valence-electron chi connectivity index (χ2n) is 6.68. The molecule has 2 aliphatic rings. The van der Waals surface area contributed by atoms with Crippen molar-refractivity contribution < 1.29 is 19.2 Å². The summed E-state index contributed by atoms with van der Waals surface area (Å²) < 4.78 is 5.20. The first kappa shape index (κ1) is 16.6. The molecule has 2 aromatic rings. The standard InChI is InChI=1S/C20H21N3O3/c1-26-16-8-6-15(7-9-16)22-12-10-21(11-13-22)14-23-19(24)17-4-2-3-5-18(17)20(23)25/h2-9H,10-14H2,1H3/p+1. The van der Waals surface area contributed by atoms with Crippen molar-refractivity contribution in [3.05, 3.63) is 59.7 Å². The number of fused-ring (bicyclic) bond motifs is 1. The highest BCUT2D eigenvalue weighted by atomic mass is 16.5. The summed E-state index contributed by atoms with van der Waals surface area (Å²) in [7, 11) is 1.66. The van der Waals surface area contributed by atoms with E-state index in [1.54, 1.807) is 31.4 Å². The summed E-state index contributed by atoms with van der Waals surface area (Å²) in [6.45, 7) is 4.00. The zero-order valence-corrected chi connectivity index (χ0v) is 14.8. The first-order valence-corrected chi connectivity index (χ1v) is 8.85. The molecule has 0 bridgehead atoms. The molecule has 2 amide bonds. The molecule has 134 valence electrons. The van der Waals surface area contributed by atoms with Gasteiger partial charge in [0.25, 0.3) is 11.8 Å². The molecule has 0 atom stereocenters. The van der Waals surface area contributed by atoms with Crippen molar-refractivity contribution in [1.29, 1.82) is 0 Å². The van der Waals surface area contributed by atoms with E-state index in [1.165, 1.54) is 15.5 Å². The molecule has 1 saturated heterocycles. The third-order valence-electron chi connectivity index (χ3n) is 5.17. The fourth-order valence-electron chi connectivity index (χ4n) is 3.64. The minimum absolute atomic E-state index is 0.171. The first-order valence-electron chi connectivity index (χ1n) is 8.85. The van der Waals surface area contributed by atoms with E-state index in [2.05, 4.69) is 17.0 Å². The Labute approximate surface area is 152 Å². The van der Waals surface area contributed by atoms with Crippen molar-refractivity contribution in [2.45, 2.75) is 0 Å². The van der Waals surface area contributed by atoms with Gasteiger partial charge in [-0.05, 0) is 36.4 Å². The number of quaternary nitrogens is 1. The van der Waals surface area contributed by atoms with Crippen LogP contribution < -0.4 is 14.5 Å². The van der Waals surface area contributed by atoms with Crippen LogP contribution >= 0.6 is 0 Å². The van der Waals surface area contributed by atoms with E-state index >= 15 is 0 Å². The Morgan fingerprint density at radius 1 is 0.923 bits per heavy atom. The number of hydrogen-bond acceptors (Lipinski definition) is 4. The molecule has 0 saturated carbocycles. The number of nitrogens with zero attached hydrogens (tertiary/aromatic N) is 2. The minimum Gasteiger partial charge on any atom is -0.497 e. The lowest BCUT2D eigenvalue weighted by molar-refractivity contribution is -0.907. The molecule has 1 N–H and O–H groups in total. The molecule has 0 radical (unpaired) electrons. The highest BCUT2D eigenvalue weighted by Gasteiger charge is 2.38. The number of amides is 2. The maximum absolute atomic E-state index is 12.5. The molecular formula is C20H22N3O3+. The van der Waals surface area contributed by atoms with E-state index in [4.69, 9.17) is 4.74 Å². The van der Waals surface area contributed by atoms with Crippen molar-refractivity contribution in [2.24, 2.45) is 0 Å². The van der Waals surface area contributed by atoms with Gasteiger partial charge in [0, 0.05) is 5.69 Å². The Hall–Kier alpha value is -2.86. The summed E-state index contributed by atoms with van der Waals surface area (Å²) in [4.78, 5) is 30.0. The number of rotatable bonds is 4. The predicted octanol–water partition coefficient (Wildman–Crippen LogP) is 0.654. The van der Waals surface area contributed by atoms with Crippen molar-refractivity contribution >= 4 is 17.5 Å². The van der Waals surface area contributed by atoms with Crippen molar-refractivity contribution in [3.8, 4) is 5.75 Å². The van der Waals surface area contributed by atoms with E-state index < -0.39 is 0 Å². The Kier molecular flexibility index (Phi) is 4.34. The predicted molar refractivity (Wildman–Crippen MR) is 97.7 cm³/mol. The third-order valence-corrected chi connectivity index (χ3v) is 5.17. The number of carbonyl (C=O) groups excluding carboxylic acids is 2. The number of methoxy groups -OCH3 is 1. The second kappa shape index (κ2) is 6.80. The largest absolute Gasteiger partial charge is 0.497 e. The third kappa shape index (κ3) is 2.93. The Balaban J connectivity index is 1.37. The van der Waals surface area contributed by atoms with Crippen LogP contribution in [0.2, 0.25) is 0 Å². The van der Waals surface area contributed by atoms with Crippen LogP contribution in [0.5, 0.6) is 5.75 Å². The Morgan fingerprint density at radius 2 is 1.50 bits per heavy atom. The average Bonchev–Trinajstić information content (AvgIpc) is 2.94. The van der Waals surface area contributed by atoms with E-state index in [0.717, 1.165) is 31.9 Å². The molecule has 2 aromatic carbocycles. The van der Waals surface area contributed by atoms with Crippen LogP contribution in [-0.4, -0.2) is 56.7 Å². The molecule has 4 rings (SSSR count). The van der Waals surface area contributed by atoms with Gasteiger partial charge in [0.05, 0.1) is 44.4 Å². The maximum Gasteiger partial charge on any atom is 0.265 e. The van der Waals surface area contributed by atoms with Crippen LogP contribution in [-0.2, 0) is 0 Å². The van der Waals surface area contributed by atoms with Crippen LogP contribution in [0.1, 0.15) is 20.7 Å². The molecule has 2 aliphatic heterocycles. The Morgan fingerprint density at radius 3 is 2.04 bits per heavy atom. The summed E-state index contributed by atoms with van der Waals surface area (Å²) in [5.41, 5.74) is 2.22. The van der Waals surface area contributed by atoms with Gasteiger partial charge in [0.2, 0.25) is 0 Å². The summed E-state index contributed by atoms with van der Waals surface area (Å²) in [6, 6.07) is 15.1. The summed E-state index contributed by atoms with van der Waals surface area (Å²) >= 11 is 0. The van der Waals surface area contributed by atoms with Gasteiger partial charge in [0.15, 0.2) is 6.67 Å². The molecule has 0 aliphatic carbocycles. The fourth-order valence-corrected chi connectivity index (χ4v) is 3.64. The van der Waals surface area contributed by atoms with Gasteiger partial charge in [-0.3, -0.25) is 9.59 Å². The van der Waals surface area contributed by atoms with E-state index in [-0.39, 0.29) is 11.8 Å². The van der Waals surface area contributed by atoms with Crippen molar-refractivity contribution in [1.82, 2.24) is 4.90 Å². The van der Waals surface area contributed by atoms with Gasteiger partial charge in [0.1, 0.15) is 5.75 Å². The summed E-state index contributed by atoms with van der Waals surface area (Å²) in [6.07, 6.45) is 0. The van der Waals surface area contributed by atoms with Crippen molar-refractivity contribution in [2.75, 3.05) is 44.9 Å². The van der Waals surface area contributed by atoms with Crippen LogP contribution in [0.3, 0.4) is 0 Å². The smallest absolute Gasteiger partial charge is 0.265 e. The number of ether oxygens (including phenoxy) is 1. The number of hydrogen-bond donors (Lipinski definition) is 1. The number of carbonyl (C=O) groups is 2. The number of nitrogens with one attached hydrogen (secondary N) is 1. The highest BCUT2D eigenvalue weighted by molar-refractivity contribution is 6.21. The van der Waals surface area contributed by atoms with Crippen LogP contribution in [0, 0.1) is 0 Å². The van der Waals surface area contributed by atoms with E-state index in [9.17, 15) is 9.59 Å². The molecule has 0 aromatic heterocycles. The lowest BCUT2D eigenvalue weighted by Crippen LogP contribution is -3.16. The van der Waals surface area contributed by atoms with Crippen LogP contribution in [0.4, 0.5) is 5.69 Å². The molecule has 2 heterocycles. The van der Waals surface area contributed by atoms with Gasteiger partial charge in [-0.2, -0.15) is 0 Å². The number of anilines is 1. The molecule has 0 spiro atoms. The molecular weight excluding hydrogens is 330 g/mol. The summed E-state index contributed by atoms with van der Waals surface area (Å²) in [5, 5.41) is 0. The van der Waals surface area contributed by atoms with Crippen molar-refractivity contribution in [3.63, 3.8) is 0 Å². The van der Waals surface area contributed by atoms with E-state index in [0.29, 0.717) is 17.8 Å². The van der Waals surface area contributed by atoms with Gasteiger partial charge in [-0.1, -0.05) is 12.1 Å². The normalized spacial score (nSPS) is 17.6. The monoisotopic (exact) mass is 352 g/mol. The molecule has 26 heavy (non-hydrogen) atoms. The fraction of sp³-hybridized carbons (Fsp3) is 0.300. The topological polar surface area (TPSA) is 54.3 Å². The molecule has 1 fully saturated rings.